The Morgan fingerprint density at radius 2 is 2.10 bits per heavy atom. The molecule has 1 amide bonds. The lowest BCUT2D eigenvalue weighted by Crippen LogP contribution is -2.43. The summed E-state index contributed by atoms with van der Waals surface area (Å²) in [5, 5.41) is 2.70. The van der Waals surface area contributed by atoms with E-state index in [9.17, 15) is 9.59 Å². The predicted octanol–water partition coefficient (Wildman–Crippen LogP) is 2.47. The Balaban J connectivity index is 1.89. The lowest BCUT2D eigenvalue weighted by Gasteiger charge is -2.24. The summed E-state index contributed by atoms with van der Waals surface area (Å²) in [5.41, 5.74) is 0.307. The third-order valence-electron chi connectivity index (χ3n) is 3.73. The van der Waals surface area contributed by atoms with E-state index in [0.717, 1.165) is 25.7 Å². The molecule has 0 spiro atoms. The summed E-state index contributed by atoms with van der Waals surface area (Å²) in [4.78, 5) is 28.2. The Morgan fingerprint density at radius 1 is 1.33 bits per heavy atom. The molecule has 1 aliphatic rings. The van der Waals surface area contributed by atoms with Gasteiger partial charge >= 0.3 is 5.97 Å². The average Bonchev–Trinajstić information content (AvgIpc) is 2.54. The summed E-state index contributed by atoms with van der Waals surface area (Å²) in [6.07, 6.45) is 7.34. The fourth-order valence-corrected chi connectivity index (χ4v) is 2.49. The highest BCUT2D eigenvalue weighted by atomic mass is 16.5. The van der Waals surface area contributed by atoms with Crippen LogP contribution in [0.3, 0.4) is 0 Å². The largest absolute Gasteiger partial charge is 0.461 e. The molecule has 0 aromatic carbocycles. The number of carbonyl (C=O) groups is 2. The van der Waals surface area contributed by atoms with Crippen molar-refractivity contribution in [1.29, 1.82) is 0 Å². The number of pyridine rings is 1. The van der Waals surface area contributed by atoms with Gasteiger partial charge in [-0.25, -0.2) is 4.79 Å². The third-order valence-corrected chi connectivity index (χ3v) is 3.73. The molecule has 1 aromatic rings. The number of hydrogen-bond donors (Lipinski definition) is 1. The predicted molar refractivity (Wildman–Crippen MR) is 78.7 cm³/mol. The average molecular weight is 290 g/mol. The molecular formula is C16H22N2O3. The van der Waals surface area contributed by atoms with Crippen LogP contribution in [0.2, 0.25) is 0 Å². The molecule has 1 aliphatic carbocycles. The number of ether oxygens (including phenoxy) is 1. The maximum Gasteiger partial charge on any atom is 0.328 e. The number of amides is 1. The van der Waals surface area contributed by atoms with Gasteiger partial charge in [-0.1, -0.05) is 19.4 Å². The molecule has 0 aliphatic heterocycles. The third kappa shape index (κ3) is 4.55. The summed E-state index contributed by atoms with van der Waals surface area (Å²) >= 11 is 0. The molecule has 2 rings (SSSR count). The second kappa shape index (κ2) is 7.76. The fraction of sp³-hybridized carbons (Fsp3) is 0.562. The van der Waals surface area contributed by atoms with Gasteiger partial charge in [-0.3, -0.25) is 9.78 Å². The minimum atomic E-state index is -0.610. The number of aromatic nitrogens is 1. The van der Waals surface area contributed by atoms with Crippen molar-refractivity contribution in [3.63, 3.8) is 0 Å². The number of rotatable bonds is 5. The van der Waals surface area contributed by atoms with E-state index in [1.165, 1.54) is 6.42 Å². The molecule has 1 saturated carbocycles. The van der Waals surface area contributed by atoms with Crippen LogP contribution in [0.4, 0.5) is 0 Å². The van der Waals surface area contributed by atoms with Crippen molar-refractivity contribution >= 4 is 11.9 Å². The van der Waals surface area contributed by atoms with E-state index >= 15 is 0 Å². The molecule has 5 nitrogen and oxygen atoms in total. The topological polar surface area (TPSA) is 68.3 Å². The van der Waals surface area contributed by atoms with Crippen LogP contribution in [-0.4, -0.2) is 29.0 Å². The number of esters is 1. The normalized spacial score (nSPS) is 17.0. The summed E-state index contributed by atoms with van der Waals surface area (Å²) in [7, 11) is 0. The highest BCUT2D eigenvalue weighted by Gasteiger charge is 2.25. The van der Waals surface area contributed by atoms with Gasteiger partial charge in [0.1, 0.15) is 17.8 Å². The number of hydrogen-bond acceptors (Lipinski definition) is 4. The van der Waals surface area contributed by atoms with Crippen molar-refractivity contribution in [2.75, 3.05) is 0 Å². The second-order valence-corrected chi connectivity index (χ2v) is 5.35. The molecule has 0 bridgehead atoms. The highest BCUT2D eigenvalue weighted by molar-refractivity contribution is 5.95. The van der Waals surface area contributed by atoms with E-state index in [4.69, 9.17) is 4.74 Å². The standard InChI is InChI=1S/C16H22N2O3/c1-2-13(16(20)21-12-8-4-3-5-9-12)18-15(19)14-10-6-7-11-17-14/h6-7,10-13H,2-5,8-9H2,1H3,(H,18,19). The molecule has 1 unspecified atom stereocenters. The van der Waals surface area contributed by atoms with Gasteiger partial charge in [0.15, 0.2) is 0 Å². The quantitative estimate of drug-likeness (QED) is 0.846. The first kappa shape index (κ1) is 15.5. The van der Waals surface area contributed by atoms with Crippen LogP contribution < -0.4 is 5.32 Å². The van der Waals surface area contributed by atoms with Crippen molar-refractivity contribution in [1.82, 2.24) is 10.3 Å². The van der Waals surface area contributed by atoms with E-state index in [0.29, 0.717) is 12.1 Å². The SMILES string of the molecule is CCC(NC(=O)c1ccccn1)C(=O)OC1CCCCC1. The van der Waals surface area contributed by atoms with Gasteiger partial charge in [-0.05, 0) is 44.2 Å². The Hall–Kier alpha value is -1.91. The van der Waals surface area contributed by atoms with Crippen molar-refractivity contribution in [2.24, 2.45) is 0 Å². The molecule has 1 heterocycles. The van der Waals surface area contributed by atoms with Crippen molar-refractivity contribution in [3.05, 3.63) is 30.1 Å². The van der Waals surface area contributed by atoms with Gasteiger partial charge in [0, 0.05) is 6.20 Å². The van der Waals surface area contributed by atoms with E-state index in [1.54, 1.807) is 24.4 Å². The minimum absolute atomic E-state index is 0.00653. The first-order chi connectivity index (χ1) is 10.2. The molecule has 5 heteroatoms. The molecule has 1 aromatic heterocycles. The van der Waals surface area contributed by atoms with Crippen LogP contribution in [0.1, 0.15) is 55.9 Å². The molecule has 1 fully saturated rings. The summed E-state index contributed by atoms with van der Waals surface area (Å²) in [5.74, 6) is -0.684. The number of carbonyl (C=O) groups excluding carboxylic acids is 2. The Morgan fingerprint density at radius 3 is 2.71 bits per heavy atom. The summed E-state index contributed by atoms with van der Waals surface area (Å²) in [6.45, 7) is 1.85. The van der Waals surface area contributed by atoms with Gasteiger partial charge in [0.05, 0.1) is 0 Å². The van der Waals surface area contributed by atoms with Gasteiger partial charge in [-0.2, -0.15) is 0 Å². The van der Waals surface area contributed by atoms with E-state index < -0.39 is 6.04 Å². The van der Waals surface area contributed by atoms with E-state index in [1.807, 2.05) is 6.92 Å². The second-order valence-electron chi connectivity index (χ2n) is 5.35. The Labute approximate surface area is 125 Å². The molecule has 0 radical (unpaired) electrons. The molecular weight excluding hydrogens is 268 g/mol. The van der Waals surface area contributed by atoms with Gasteiger partial charge in [-0.15, -0.1) is 0 Å². The monoisotopic (exact) mass is 290 g/mol. The summed E-state index contributed by atoms with van der Waals surface area (Å²) < 4.78 is 5.51. The highest BCUT2D eigenvalue weighted by Crippen LogP contribution is 2.20. The first-order valence-corrected chi connectivity index (χ1v) is 7.63. The number of nitrogens with one attached hydrogen (secondary N) is 1. The smallest absolute Gasteiger partial charge is 0.328 e. The van der Waals surface area contributed by atoms with Gasteiger partial charge < -0.3 is 10.1 Å². The number of nitrogens with zero attached hydrogens (tertiary/aromatic N) is 1. The zero-order valence-corrected chi connectivity index (χ0v) is 12.4. The van der Waals surface area contributed by atoms with E-state index in [2.05, 4.69) is 10.3 Å². The zero-order chi connectivity index (χ0) is 15.1. The first-order valence-electron chi connectivity index (χ1n) is 7.63. The van der Waals surface area contributed by atoms with Crippen LogP contribution >= 0.6 is 0 Å². The summed E-state index contributed by atoms with van der Waals surface area (Å²) in [6, 6.07) is 4.49. The zero-order valence-electron chi connectivity index (χ0n) is 12.4. The van der Waals surface area contributed by atoms with Crippen LogP contribution in [-0.2, 0) is 9.53 Å². The van der Waals surface area contributed by atoms with Crippen LogP contribution in [0, 0.1) is 0 Å². The van der Waals surface area contributed by atoms with Gasteiger partial charge in [0.2, 0.25) is 0 Å². The van der Waals surface area contributed by atoms with Crippen molar-refractivity contribution in [2.45, 2.75) is 57.6 Å². The molecule has 21 heavy (non-hydrogen) atoms. The van der Waals surface area contributed by atoms with Crippen LogP contribution in [0.5, 0.6) is 0 Å². The van der Waals surface area contributed by atoms with Crippen LogP contribution in [0.15, 0.2) is 24.4 Å². The van der Waals surface area contributed by atoms with Crippen molar-refractivity contribution < 1.29 is 14.3 Å². The lowest BCUT2D eigenvalue weighted by atomic mass is 9.98. The van der Waals surface area contributed by atoms with E-state index in [-0.39, 0.29) is 18.0 Å². The maximum absolute atomic E-state index is 12.2. The molecule has 0 saturated heterocycles. The van der Waals surface area contributed by atoms with Crippen LogP contribution in [0.25, 0.3) is 0 Å². The molecule has 114 valence electrons. The maximum atomic E-state index is 12.2. The molecule has 1 atom stereocenters. The van der Waals surface area contributed by atoms with Gasteiger partial charge in [0.25, 0.3) is 5.91 Å². The minimum Gasteiger partial charge on any atom is -0.461 e. The Kier molecular flexibility index (Phi) is 5.72. The lowest BCUT2D eigenvalue weighted by molar-refractivity contribution is -0.152. The molecule has 1 N–H and O–H groups in total. The fourth-order valence-electron chi connectivity index (χ4n) is 2.49. The Bertz CT molecular complexity index is 470. The van der Waals surface area contributed by atoms with Crippen molar-refractivity contribution in [3.8, 4) is 0 Å².